The molecule has 2 aromatic carbocycles. The lowest BCUT2D eigenvalue weighted by atomic mass is 10.0. The second-order valence-electron chi connectivity index (χ2n) is 10.6. The van der Waals surface area contributed by atoms with Gasteiger partial charge in [0.2, 0.25) is 11.8 Å². The molecule has 4 aromatic rings. The fourth-order valence-electron chi connectivity index (χ4n) is 5.79. The fourth-order valence-corrected chi connectivity index (χ4v) is 6.57. The number of anilines is 1. The average molecular weight is 616 g/mol. The average Bonchev–Trinajstić information content (AvgIpc) is 3.76. The van der Waals surface area contributed by atoms with Crippen molar-refractivity contribution in [3.8, 4) is 5.75 Å². The SMILES string of the molecule is C=CCN(C(=O)NCc1ccc(OC)cc1)N1CC(=O)N2[C@@H](Cc3cnc[nH]3)C(=O)N(Cc3cccc4sc(N)nc34)C[C@@H]21. The van der Waals surface area contributed by atoms with E-state index in [9.17, 15) is 14.4 Å². The van der Waals surface area contributed by atoms with Crippen LogP contribution in [0.5, 0.6) is 5.75 Å². The summed E-state index contributed by atoms with van der Waals surface area (Å²) in [5.41, 5.74) is 9.22. The number of carbonyl (C=O) groups is 3. The fraction of sp³-hybridized carbons (Fsp3) is 0.300. The third-order valence-electron chi connectivity index (χ3n) is 7.86. The molecule has 4 N–H and O–H groups in total. The van der Waals surface area contributed by atoms with Crippen molar-refractivity contribution in [1.29, 1.82) is 0 Å². The molecule has 2 aliphatic heterocycles. The number of urea groups is 1. The lowest BCUT2D eigenvalue weighted by molar-refractivity contribution is -0.157. The summed E-state index contributed by atoms with van der Waals surface area (Å²) in [6, 6.07) is 12.0. The Bertz CT molecular complexity index is 1670. The normalized spacial score (nSPS) is 18.5. The van der Waals surface area contributed by atoms with Crippen molar-refractivity contribution in [1.82, 2.24) is 40.1 Å². The van der Waals surface area contributed by atoms with Gasteiger partial charge in [-0.25, -0.2) is 14.8 Å². The van der Waals surface area contributed by atoms with E-state index in [0.29, 0.717) is 5.13 Å². The number of nitrogens with one attached hydrogen (secondary N) is 2. The number of thiazole rings is 1. The van der Waals surface area contributed by atoms with Gasteiger partial charge in [-0.15, -0.1) is 6.58 Å². The summed E-state index contributed by atoms with van der Waals surface area (Å²) in [4.78, 5) is 56.2. The molecule has 4 heterocycles. The van der Waals surface area contributed by atoms with Gasteiger partial charge in [-0.05, 0) is 29.3 Å². The molecule has 0 aliphatic carbocycles. The quantitative estimate of drug-likeness (QED) is 0.230. The molecule has 2 fully saturated rings. The minimum atomic E-state index is -0.792. The molecular weight excluding hydrogens is 582 g/mol. The Hall–Kier alpha value is -4.95. The van der Waals surface area contributed by atoms with Gasteiger partial charge in [0.1, 0.15) is 18.0 Å². The molecule has 6 rings (SSSR count). The van der Waals surface area contributed by atoms with Crippen LogP contribution in [0.25, 0.3) is 10.2 Å². The van der Waals surface area contributed by atoms with Crippen LogP contribution in [-0.2, 0) is 29.1 Å². The van der Waals surface area contributed by atoms with Crippen LogP contribution < -0.4 is 15.8 Å². The standard InChI is InChI=1S/C30H33N9O4S/c1-3-11-37(30(42)33-13-19-7-9-22(43-2)10-8-19)38-17-26(40)39-23(12-21-14-32-18-34-21)28(41)36(16-25(38)39)15-20-5-4-6-24-27(20)35-29(31)44-24/h3-10,14,18,23,25H,1,11-13,15-17H2,2H3,(H2,31,35)(H,32,34)(H,33,42)/t23-,25+/m0/s1. The summed E-state index contributed by atoms with van der Waals surface area (Å²) in [6.07, 6.45) is 4.47. The lowest BCUT2D eigenvalue weighted by Gasteiger charge is -2.46. The number of hydrazine groups is 1. The number of carbonyl (C=O) groups excluding carboxylic acids is 3. The largest absolute Gasteiger partial charge is 0.497 e. The van der Waals surface area contributed by atoms with E-state index < -0.39 is 12.2 Å². The molecule has 2 aromatic heterocycles. The summed E-state index contributed by atoms with van der Waals surface area (Å²) in [6.45, 7) is 4.69. The molecule has 228 valence electrons. The van der Waals surface area contributed by atoms with E-state index in [-0.39, 0.29) is 57.0 Å². The molecule has 0 radical (unpaired) electrons. The number of hydrogen-bond donors (Lipinski definition) is 3. The van der Waals surface area contributed by atoms with Gasteiger partial charge in [0, 0.05) is 31.4 Å². The van der Waals surface area contributed by atoms with Crippen LogP contribution in [-0.4, -0.2) is 91.6 Å². The number of para-hydroxylation sites is 1. The maximum Gasteiger partial charge on any atom is 0.332 e. The zero-order valence-electron chi connectivity index (χ0n) is 24.2. The molecule has 0 spiro atoms. The van der Waals surface area contributed by atoms with Crippen LogP contribution in [0.2, 0.25) is 0 Å². The van der Waals surface area contributed by atoms with Crippen LogP contribution in [0, 0.1) is 0 Å². The predicted molar refractivity (Wildman–Crippen MR) is 165 cm³/mol. The third-order valence-corrected chi connectivity index (χ3v) is 8.71. The first-order chi connectivity index (χ1) is 21.4. The van der Waals surface area contributed by atoms with Crippen LogP contribution in [0.4, 0.5) is 9.93 Å². The maximum atomic E-state index is 14.0. The minimum Gasteiger partial charge on any atom is -0.497 e. The van der Waals surface area contributed by atoms with Gasteiger partial charge in [0.25, 0.3) is 0 Å². The van der Waals surface area contributed by atoms with Crippen molar-refractivity contribution in [2.75, 3.05) is 32.5 Å². The number of piperazine rings is 1. The molecule has 4 amide bonds. The van der Waals surface area contributed by atoms with E-state index in [4.69, 9.17) is 10.5 Å². The molecule has 2 aliphatic rings. The second-order valence-corrected chi connectivity index (χ2v) is 11.7. The van der Waals surface area contributed by atoms with Crippen molar-refractivity contribution in [3.63, 3.8) is 0 Å². The molecule has 44 heavy (non-hydrogen) atoms. The number of hydrogen-bond acceptors (Lipinski definition) is 9. The molecule has 14 heteroatoms. The second kappa shape index (κ2) is 12.3. The van der Waals surface area contributed by atoms with Gasteiger partial charge in [-0.3, -0.25) is 14.6 Å². The van der Waals surface area contributed by atoms with Crippen LogP contribution >= 0.6 is 11.3 Å². The third kappa shape index (κ3) is 5.68. The van der Waals surface area contributed by atoms with E-state index in [0.717, 1.165) is 32.8 Å². The number of benzene rings is 2. The smallest absolute Gasteiger partial charge is 0.332 e. The van der Waals surface area contributed by atoms with E-state index in [1.807, 2.05) is 42.5 Å². The number of rotatable bonds is 10. The molecule has 0 saturated carbocycles. The number of nitrogen functional groups attached to an aromatic ring is 1. The molecule has 2 atom stereocenters. The number of amides is 4. The first kappa shape index (κ1) is 29.1. The highest BCUT2D eigenvalue weighted by Crippen LogP contribution is 2.32. The number of nitrogens with two attached hydrogens (primary N) is 1. The highest BCUT2D eigenvalue weighted by atomic mass is 32.1. The summed E-state index contributed by atoms with van der Waals surface area (Å²) in [7, 11) is 1.60. The Labute approximate surface area is 257 Å². The number of aromatic amines is 1. The topological polar surface area (TPSA) is 153 Å². The number of aromatic nitrogens is 3. The Kier molecular flexibility index (Phi) is 8.17. The Morgan fingerprint density at radius 3 is 2.82 bits per heavy atom. The van der Waals surface area contributed by atoms with Crippen molar-refractivity contribution >= 4 is 44.5 Å². The molecule has 0 bridgehead atoms. The van der Waals surface area contributed by atoms with Crippen molar-refractivity contribution in [3.05, 3.63) is 84.5 Å². The highest BCUT2D eigenvalue weighted by molar-refractivity contribution is 7.22. The minimum absolute atomic E-state index is 0.0622. The molecular formula is C30H33N9O4S. The summed E-state index contributed by atoms with van der Waals surface area (Å²) in [5.74, 6) is 0.295. The number of imidazole rings is 1. The van der Waals surface area contributed by atoms with Crippen molar-refractivity contribution in [2.24, 2.45) is 0 Å². The molecule has 0 unspecified atom stereocenters. The van der Waals surface area contributed by atoms with E-state index >= 15 is 0 Å². The zero-order valence-corrected chi connectivity index (χ0v) is 25.0. The summed E-state index contributed by atoms with van der Waals surface area (Å²) in [5, 5.41) is 6.62. The predicted octanol–water partition coefficient (Wildman–Crippen LogP) is 2.35. The Balaban J connectivity index is 1.28. The number of methoxy groups -OCH3 is 1. The summed E-state index contributed by atoms with van der Waals surface area (Å²) >= 11 is 1.39. The number of nitrogens with zero attached hydrogens (tertiary/aromatic N) is 6. The first-order valence-corrected chi connectivity index (χ1v) is 14.9. The van der Waals surface area contributed by atoms with Gasteiger partial charge in [0.15, 0.2) is 5.13 Å². The van der Waals surface area contributed by atoms with Crippen molar-refractivity contribution in [2.45, 2.75) is 31.7 Å². The van der Waals surface area contributed by atoms with E-state index in [1.165, 1.54) is 16.3 Å². The lowest BCUT2D eigenvalue weighted by Crippen LogP contribution is -2.66. The summed E-state index contributed by atoms with van der Waals surface area (Å²) < 4.78 is 6.15. The number of H-pyrrole nitrogens is 1. The van der Waals surface area contributed by atoms with Crippen LogP contribution in [0.1, 0.15) is 16.8 Å². The Morgan fingerprint density at radius 2 is 2.09 bits per heavy atom. The monoisotopic (exact) mass is 615 g/mol. The van der Waals surface area contributed by atoms with E-state index in [1.54, 1.807) is 40.5 Å². The van der Waals surface area contributed by atoms with Gasteiger partial charge in [-0.2, -0.15) is 5.01 Å². The zero-order chi connectivity index (χ0) is 30.8. The first-order valence-electron chi connectivity index (χ1n) is 14.1. The van der Waals surface area contributed by atoms with Crippen molar-refractivity contribution < 1.29 is 19.1 Å². The Morgan fingerprint density at radius 1 is 1.27 bits per heavy atom. The van der Waals surface area contributed by atoms with Crippen LogP contribution in [0.15, 0.2) is 67.6 Å². The van der Waals surface area contributed by atoms with E-state index in [2.05, 4.69) is 26.8 Å². The number of fused-ring (bicyclic) bond motifs is 2. The molecule has 2 saturated heterocycles. The van der Waals surface area contributed by atoms with Gasteiger partial charge < -0.3 is 30.6 Å². The van der Waals surface area contributed by atoms with Gasteiger partial charge in [0.05, 0.1) is 43.3 Å². The van der Waals surface area contributed by atoms with Gasteiger partial charge >= 0.3 is 6.03 Å². The highest BCUT2D eigenvalue weighted by Gasteiger charge is 2.52. The molecule has 13 nitrogen and oxygen atoms in total. The number of ether oxygens (including phenoxy) is 1. The van der Waals surface area contributed by atoms with Gasteiger partial charge in [-0.1, -0.05) is 41.7 Å². The van der Waals surface area contributed by atoms with Crippen LogP contribution in [0.3, 0.4) is 0 Å². The maximum absolute atomic E-state index is 14.0.